The van der Waals surface area contributed by atoms with Gasteiger partial charge in [0.25, 0.3) is 0 Å². The Kier molecular flexibility index (Phi) is 5.33. The van der Waals surface area contributed by atoms with Crippen LogP contribution in [-0.4, -0.2) is 56.5 Å². The van der Waals surface area contributed by atoms with Gasteiger partial charge in [-0.3, -0.25) is 10.1 Å². The molecule has 2 aliphatic rings. The van der Waals surface area contributed by atoms with Crippen molar-refractivity contribution in [3.05, 3.63) is 18.2 Å². The van der Waals surface area contributed by atoms with Gasteiger partial charge in [0.15, 0.2) is 0 Å². The van der Waals surface area contributed by atoms with Gasteiger partial charge >= 0.3 is 0 Å². The number of benzene rings is 1. The molecule has 2 N–H and O–H groups in total. The van der Waals surface area contributed by atoms with Crippen LogP contribution < -0.4 is 15.4 Å². The Labute approximate surface area is 146 Å². The highest BCUT2D eigenvalue weighted by molar-refractivity contribution is 7.99. The second-order valence-electron chi connectivity index (χ2n) is 5.74. The van der Waals surface area contributed by atoms with E-state index >= 15 is 0 Å². The van der Waals surface area contributed by atoms with Crippen LogP contribution in [0.3, 0.4) is 0 Å². The smallest absolute Gasteiger partial charge is 0.246 e. The van der Waals surface area contributed by atoms with Crippen molar-refractivity contribution in [1.29, 1.82) is 0 Å². The average Bonchev–Trinajstić information content (AvgIpc) is 3.27. The Morgan fingerprint density at radius 1 is 1.38 bits per heavy atom. The van der Waals surface area contributed by atoms with E-state index in [0.29, 0.717) is 18.8 Å². The van der Waals surface area contributed by atoms with Crippen LogP contribution in [0.5, 0.6) is 5.75 Å². The second kappa shape index (κ2) is 7.30. The lowest BCUT2D eigenvalue weighted by Gasteiger charge is -2.18. The predicted octanol–water partition coefficient (Wildman–Crippen LogP) is 1.08. The van der Waals surface area contributed by atoms with Crippen LogP contribution in [0.1, 0.15) is 12.8 Å². The molecular formula is C15H21N3O4S2. The number of thioether (sulfide) groups is 1. The van der Waals surface area contributed by atoms with Crippen LogP contribution in [0, 0.1) is 0 Å². The van der Waals surface area contributed by atoms with E-state index in [0.717, 1.165) is 24.5 Å². The SMILES string of the molecule is COc1cc(NC(=O)C2CSCN2)ccc1S(=O)(=O)N1CCCC1. The molecule has 1 amide bonds. The summed E-state index contributed by atoms with van der Waals surface area (Å²) in [6.07, 6.45) is 1.75. The number of rotatable bonds is 5. The molecule has 3 rings (SSSR count). The summed E-state index contributed by atoms with van der Waals surface area (Å²) in [5.74, 6) is 1.60. The van der Waals surface area contributed by atoms with Crippen LogP contribution in [-0.2, 0) is 14.8 Å². The van der Waals surface area contributed by atoms with Crippen LogP contribution in [0.25, 0.3) is 0 Å². The number of carbonyl (C=O) groups excluding carboxylic acids is 1. The summed E-state index contributed by atoms with van der Waals surface area (Å²) >= 11 is 1.67. The Balaban J connectivity index is 1.81. The topological polar surface area (TPSA) is 87.7 Å². The number of hydrogen-bond donors (Lipinski definition) is 2. The van der Waals surface area contributed by atoms with Gasteiger partial charge in [-0.2, -0.15) is 4.31 Å². The van der Waals surface area contributed by atoms with Gasteiger partial charge in [0, 0.05) is 36.5 Å². The highest BCUT2D eigenvalue weighted by atomic mass is 32.2. The summed E-state index contributed by atoms with van der Waals surface area (Å²) < 4.78 is 32.1. The molecule has 1 aromatic carbocycles. The van der Waals surface area contributed by atoms with E-state index in [-0.39, 0.29) is 22.6 Å². The molecule has 7 nitrogen and oxygen atoms in total. The lowest BCUT2D eigenvalue weighted by Crippen LogP contribution is -2.37. The Morgan fingerprint density at radius 3 is 2.75 bits per heavy atom. The third kappa shape index (κ3) is 3.53. The molecule has 9 heteroatoms. The van der Waals surface area contributed by atoms with E-state index in [1.807, 2.05) is 0 Å². The average molecular weight is 371 g/mol. The highest BCUT2D eigenvalue weighted by Crippen LogP contribution is 2.31. The van der Waals surface area contributed by atoms with Gasteiger partial charge in [-0.1, -0.05) is 0 Å². The zero-order valence-corrected chi connectivity index (χ0v) is 15.1. The number of carbonyl (C=O) groups is 1. The van der Waals surface area contributed by atoms with Crippen molar-refractivity contribution in [2.75, 3.05) is 37.1 Å². The van der Waals surface area contributed by atoms with Crippen LogP contribution >= 0.6 is 11.8 Å². The van der Waals surface area contributed by atoms with Gasteiger partial charge in [0.1, 0.15) is 10.6 Å². The minimum Gasteiger partial charge on any atom is -0.495 e. The molecule has 0 aliphatic carbocycles. The van der Waals surface area contributed by atoms with Crippen molar-refractivity contribution < 1.29 is 17.9 Å². The number of nitrogens with zero attached hydrogens (tertiary/aromatic N) is 1. The number of methoxy groups -OCH3 is 1. The van der Waals surface area contributed by atoms with Crippen molar-refractivity contribution in [2.24, 2.45) is 0 Å². The molecule has 24 heavy (non-hydrogen) atoms. The summed E-state index contributed by atoms with van der Waals surface area (Å²) in [7, 11) is -2.13. The minimum absolute atomic E-state index is 0.128. The lowest BCUT2D eigenvalue weighted by molar-refractivity contribution is -0.117. The van der Waals surface area contributed by atoms with Crippen molar-refractivity contribution in [2.45, 2.75) is 23.8 Å². The van der Waals surface area contributed by atoms with Crippen LogP contribution in [0.4, 0.5) is 5.69 Å². The monoisotopic (exact) mass is 371 g/mol. The largest absolute Gasteiger partial charge is 0.495 e. The first kappa shape index (κ1) is 17.5. The molecule has 2 heterocycles. The zero-order valence-electron chi connectivity index (χ0n) is 13.4. The first-order valence-corrected chi connectivity index (χ1v) is 10.4. The van der Waals surface area contributed by atoms with Gasteiger partial charge in [-0.05, 0) is 25.0 Å². The van der Waals surface area contributed by atoms with E-state index < -0.39 is 10.0 Å². The van der Waals surface area contributed by atoms with Crippen LogP contribution in [0.15, 0.2) is 23.1 Å². The van der Waals surface area contributed by atoms with E-state index in [9.17, 15) is 13.2 Å². The fourth-order valence-electron chi connectivity index (χ4n) is 2.82. The molecule has 0 aromatic heterocycles. The summed E-state index contributed by atoms with van der Waals surface area (Å²) in [6.45, 7) is 1.07. The number of anilines is 1. The van der Waals surface area contributed by atoms with Gasteiger partial charge in [0.2, 0.25) is 15.9 Å². The van der Waals surface area contributed by atoms with E-state index in [1.54, 1.807) is 23.9 Å². The molecule has 132 valence electrons. The van der Waals surface area contributed by atoms with Crippen molar-refractivity contribution in [3.63, 3.8) is 0 Å². The molecule has 2 aliphatic heterocycles. The van der Waals surface area contributed by atoms with Crippen LogP contribution in [0.2, 0.25) is 0 Å². The van der Waals surface area contributed by atoms with Gasteiger partial charge in [-0.15, -0.1) is 11.8 Å². The van der Waals surface area contributed by atoms with Gasteiger partial charge in [-0.25, -0.2) is 8.42 Å². The quantitative estimate of drug-likeness (QED) is 0.805. The molecule has 1 atom stereocenters. The second-order valence-corrected chi connectivity index (χ2v) is 8.67. The predicted molar refractivity (Wildman–Crippen MR) is 93.9 cm³/mol. The molecule has 0 bridgehead atoms. The third-order valence-corrected chi connectivity index (χ3v) is 7.02. The Hall–Kier alpha value is -1.29. The molecule has 2 fully saturated rings. The molecule has 0 spiro atoms. The standard InChI is InChI=1S/C15H21N3O4S2/c1-22-13-8-11(17-15(19)12-9-23-10-16-12)4-5-14(13)24(20,21)18-6-2-3-7-18/h4-5,8,12,16H,2-3,6-7,9-10H2,1H3,(H,17,19). The summed E-state index contributed by atoms with van der Waals surface area (Å²) in [6, 6.07) is 4.43. The lowest BCUT2D eigenvalue weighted by atomic mass is 10.2. The van der Waals surface area contributed by atoms with Crippen molar-refractivity contribution >= 4 is 33.4 Å². The summed E-state index contributed by atoms with van der Waals surface area (Å²) in [4.78, 5) is 12.3. The maximum absolute atomic E-state index is 12.7. The third-order valence-electron chi connectivity index (χ3n) is 4.15. The van der Waals surface area contributed by atoms with E-state index in [2.05, 4.69) is 10.6 Å². The highest BCUT2D eigenvalue weighted by Gasteiger charge is 2.30. The molecule has 0 radical (unpaired) electrons. The Morgan fingerprint density at radius 2 is 2.12 bits per heavy atom. The maximum Gasteiger partial charge on any atom is 0.246 e. The number of ether oxygens (including phenoxy) is 1. The molecule has 1 aromatic rings. The summed E-state index contributed by atoms with van der Waals surface area (Å²) in [5.41, 5.74) is 0.524. The van der Waals surface area contributed by atoms with E-state index in [4.69, 9.17) is 4.74 Å². The molecule has 2 saturated heterocycles. The minimum atomic E-state index is -3.56. The van der Waals surface area contributed by atoms with Gasteiger partial charge < -0.3 is 10.1 Å². The number of nitrogens with one attached hydrogen (secondary N) is 2. The van der Waals surface area contributed by atoms with Crippen molar-refractivity contribution in [1.82, 2.24) is 9.62 Å². The van der Waals surface area contributed by atoms with Gasteiger partial charge in [0.05, 0.1) is 13.2 Å². The normalized spacial score (nSPS) is 21.8. The number of sulfonamides is 1. The number of hydrogen-bond acceptors (Lipinski definition) is 6. The van der Waals surface area contributed by atoms with E-state index in [1.165, 1.54) is 17.5 Å². The zero-order chi connectivity index (χ0) is 17.2. The fraction of sp³-hybridized carbons (Fsp3) is 0.533. The molecule has 0 saturated carbocycles. The maximum atomic E-state index is 12.7. The first-order chi connectivity index (χ1) is 11.5. The Bertz CT molecular complexity index is 711. The fourth-order valence-corrected chi connectivity index (χ4v) is 5.41. The molecule has 1 unspecified atom stereocenters. The number of amides is 1. The first-order valence-electron chi connectivity index (χ1n) is 7.82. The summed E-state index contributed by atoms with van der Waals surface area (Å²) in [5, 5.41) is 5.90. The van der Waals surface area contributed by atoms with Crippen molar-refractivity contribution in [3.8, 4) is 5.75 Å². The molecular weight excluding hydrogens is 350 g/mol.